The Morgan fingerprint density at radius 3 is 2.50 bits per heavy atom. The Kier molecular flexibility index (Phi) is 6.34. The van der Waals surface area contributed by atoms with Crippen LogP contribution in [-0.4, -0.2) is 30.8 Å². The summed E-state index contributed by atoms with van der Waals surface area (Å²) >= 11 is 0. The fourth-order valence-corrected chi connectivity index (χ4v) is 3.06. The van der Waals surface area contributed by atoms with Gasteiger partial charge in [-0.25, -0.2) is 0 Å². The summed E-state index contributed by atoms with van der Waals surface area (Å²) in [5, 5.41) is 12.7. The molecule has 1 fully saturated rings. The molecule has 1 aliphatic carbocycles. The van der Waals surface area contributed by atoms with Gasteiger partial charge in [0.15, 0.2) is 0 Å². The molecule has 0 radical (unpaired) electrons. The van der Waals surface area contributed by atoms with Gasteiger partial charge in [-0.05, 0) is 43.5 Å². The van der Waals surface area contributed by atoms with Crippen LogP contribution < -0.4 is 10.2 Å². The highest BCUT2D eigenvalue weighted by molar-refractivity contribution is 5.48. The van der Waals surface area contributed by atoms with Crippen LogP contribution in [0.2, 0.25) is 0 Å². The molecule has 0 amide bonds. The lowest BCUT2D eigenvalue weighted by atomic mass is 10.1. The number of aliphatic hydroxyl groups excluding tert-OH is 1. The first kappa shape index (κ1) is 15.3. The Hall–Kier alpha value is -1.06. The predicted octanol–water partition coefficient (Wildman–Crippen LogP) is 2.93. The average molecular weight is 276 g/mol. The number of aliphatic hydroxyl groups is 1. The van der Waals surface area contributed by atoms with Crippen molar-refractivity contribution in [3.8, 4) is 0 Å². The largest absolute Gasteiger partial charge is 0.395 e. The summed E-state index contributed by atoms with van der Waals surface area (Å²) in [5.41, 5.74) is 2.59. The summed E-state index contributed by atoms with van der Waals surface area (Å²) < 4.78 is 0. The fraction of sp³-hybridized carbons (Fsp3) is 0.647. The molecule has 0 bridgehead atoms. The van der Waals surface area contributed by atoms with Crippen LogP contribution in [0.15, 0.2) is 24.3 Å². The van der Waals surface area contributed by atoms with E-state index in [0.717, 1.165) is 19.6 Å². The van der Waals surface area contributed by atoms with Gasteiger partial charge in [0, 0.05) is 24.8 Å². The maximum Gasteiger partial charge on any atom is 0.0606 e. The summed E-state index contributed by atoms with van der Waals surface area (Å²) in [5.74, 6) is 0. The first-order valence-corrected chi connectivity index (χ1v) is 8.02. The van der Waals surface area contributed by atoms with Crippen LogP contribution in [0.4, 0.5) is 5.69 Å². The maximum atomic E-state index is 9.30. The molecule has 1 aromatic carbocycles. The summed E-state index contributed by atoms with van der Waals surface area (Å²) in [6.45, 7) is 5.18. The Bertz CT molecular complexity index is 371. The van der Waals surface area contributed by atoms with Crippen LogP contribution in [-0.2, 0) is 6.54 Å². The normalized spacial score (nSPS) is 15.7. The Balaban J connectivity index is 1.98. The molecule has 3 heteroatoms. The van der Waals surface area contributed by atoms with Gasteiger partial charge < -0.3 is 15.3 Å². The second-order valence-electron chi connectivity index (χ2n) is 5.70. The smallest absolute Gasteiger partial charge is 0.0606 e. The Labute approximate surface area is 123 Å². The lowest BCUT2D eigenvalue weighted by Gasteiger charge is -2.30. The molecule has 0 atom stereocenters. The van der Waals surface area contributed by atoms with Crippen LogP contribution in [0, 0.1) is 0 Å². The molecule has 0 heterocycles. The molecule has 0 spiro atoms. The minimum Gasteiger partial charge on any atom is -0.395 e. The van der Waals surface area contributed by atoms with Crippen molar-refractivity contribution in [1.82, 2.24) is 5.32 Å². The highest BCUT2D eigenvalue weighted by Crippen LogP contribution is 2.28. The van der Waals surface area contributed by atoms with E-state index in [1.165, 1.54) is 43.4 Å². The fourth-order valence-electron chi connectivity index (χ4n) is 3.06. The molecule has 3 nitrogen and oxygen atoms in total. The molecule has 112 valence electrons. The minimum atomic E-state index is 0.232. The van der Waals surface area contributed by atoms with Crippen molar-refractivity contribution in [2.45, 2.75) is 51.6 Å². The number of rotatable bonds is 8. The third-order valence-corrected chi connectivity index (χ3v) is 4.13. The first-order chi connectivity index (χ1) is 9.85. The van der Waals surface area contributed by atoms with Gasteiger partial charge in [-0.15, -0.1) is 0 Å². The summed E-state index contributed by atoms with van der Waals surface area (Å²) in [4.78, 5) is 2.39. The summed E-state index contributed by atoms with van der Waals surface area (Å²) in [6, 6.07) is 9.44. The number of nitrogens with one attached hydrogen (secondary N) is 1. The predicted molar refractivity (Wildman–Crippen MR) is 85.1 cm³/mol. The van der Waals surface area contributed by atoms with E-state index in [1.807, 2.05) is 0 Å². The minimum absolute atomic E-state index is 0.232. The monoisotopic (exact) mass is 276 g/mol. The number of anilines is 1. The molecule has 2 rings (SSSR count). The van der Waals surface area contributed by atoms with Gasteiger partial charge >= 0.3 is 0 Å². The molecule has 0 unspecified atom stereocenters. The molecule has 0 saturated heterocycles. The Morgan fingerprint density at radius 1 is 1.20 bits per heavy atom. The summed E-state index contributed by atoms with van der Waals surface area (Å²) in [7, 11) is 0. The van der Waals surface area contributed by atoms with Crippen LogP contribution in [0.25, 0.3) is 0 Å². The molecule has 1 aromatic rings. The molecule has 0 aliphatic heterocycles. The lowest BCUT2D eigenvalue weighted by molar-refractivity contribution is 0.297. The van der Waals surface area contributed by atoms with Crippen LogP contribution in [0.1, 0.15) is 44.6 Å². The van der Waals surface area contributed by atoms with Gasteiger partial charge in [0.2, 0.25) is 0 Å². The van der Waals surface area contributed by atoms with E-state index in [1.54, 1.807) is 0 Å². The van der Waals surface area contributed by atoms with Gasteiger partial charge in [0.25, 0.3) is 0 Å². The zero-order valence-electron chi connectivity index (χ0n) is 12.6. The lowest BCUT2D eigenvalue weighted by Crippen LogP contribution is -2.35. The molecule has 20 heavy (non-hydrogen) atoms. The van der Waals surface area contributed by atoms with Gasteiger partial charge in [-0.3, -0.25) is 0 Å². The van der Waals surface area contributed by atoms with Crippen molar-refractivity contribution >= 4 is 5.69 Å². The molecule has 1 saturated carbocycles. The average Bonchev–Trinajstić information content (AvgIpc) is 3.00. The highest BCUT2D eigenvalue weighted by atomic mass is 16.3. The standard InChI is InChI=1S/C17H28N2O/c1-2-11-18-14-15-7-9-17(10-8-15)19(12-13-20)16-5-3-4-6-16/h7-10,16,18,20H,2-6,11-14H2,1H3. The molecule has 0 aromatic heterocycles. The Morgan fingerprint density at radius 2 is 1.90 bits per heavy atom. The number of hydrogen-bond acceptors (Lipinski definition) is 3. The quantitative estimate of drug-likeness (QED) is 0.717. The number of nitrogens with zero attached hydrogens (tertiary/aromatic N) is 1. The van der Waals surface area contributed by atoms with Crippen molar-refractivity contribution in [3.63, 3.8) is 0 Å². The van der Waals surface area contributed by atoms with E-state index in [-0.39, 0.29) is 6.61 Å². The van der Waals surface area contributed by atoms with Gasteiger partial charge in [-0.1, -0.05) is 31.9 Å². The molecular formula is C17H28N2O. The van der Waals surface area contributed by atoms with E-state index >= 15 is 0 Å². The highest BCUT2D eigenvalue weighted by Gasteiger charge is 2.22. The third kappa shape index (κ3) is 4.22. The number of hydrogen-bond donors (Lipinski definition) is 2. The van der Waals surface area contributed by atoms with E-state index in [9.17, 15) is 5.11 Å². The third-order valence-electron chi connectivity index (χ3n) is 4.13. The van der Waals surface area contributed by atoms with Crippen LogP contribution >= 0.6 is 0 Å². The molecule has 2 N–H and O–H groups in total. The molecular weight excluding hydrogens is 248 g/mol. The van der Waals surface area contributed by atoms with Gasteiger partial charge in [-0.2, -0.15) is 0 Å². The van der Waals surface area contributed by atoms with Crippen molar-refractivity contribution in [2.75, 3.05) is 24.6 Å². The molecule has 1 aliphatic rings. The van der Waals surface area contributed by atoms with Crippen LogP contribution in [0.3, 0.4) is 0 Å². The van der Waals surface area contributed by atoms with Gasteiger partial charge in [0.05, 0.1) is 6.61 Å². The van der Waals surface area contributed by atoms with E-state index in [0.29, 0.717) is 6.04 Å². The van der Waals surface area contributed by atoms with E-state index < -0.39 is 0 Å². The zero-order chi connectivity index (χ0) is 14.2. The summed E-state index contributed by atoms with van der Waals surface area (Å²) in [6.07, 6.45) is 6.35. The SMILES string of the molecule is CCCNCc1ccc(N(CCO)C2CCCC2)cc1. The van der Waals surface area contributed by atoms with E-state index in [4.69, 9.17) is 0 Å². The van der Waals surface area contributed by atoms with Crippen molar-refractivity contribution in [1.29, 1.82) is 0 Å². The maximum absolute atomic E-state index is 9.30. The first-order valence-electron chi connectivity index (χ1n) is 8.02. The topological polar surface area (TPSA) is 35.5 Å². The van der Waals surface area contributed by atoms with Crippen molar-refractivity contribution in [2.24, 2.45) is 0 Å². The zero-order valence-corrected chi connectivity index (χ0v) is 12.6. The van der Waals surface area contributed by atoms with Gasteiger partial charge in [0.1, 0.15) is 0 Å². The van der Waals surface area contributed by atoms with Crippen molar-refractivity contribution < 1.29 is 5.11 Å². The number of benzene rings is 1. The second-order valence-corrected chi connectivity index (χ2v) is 5.70. The van der Waals surface area contributed by atoms with E-state index in [2.05, 4.69) is 41.4 Å². The second kappa shape index (κ2) is 8.28. The van der Waals surface area contributed by atoms with Crippen molar-refractivity contribution in [3.05, 3.63) is 29.8 Å². The van der Waals surface area contributed by atoms with Crippen LogP contribution in [0.5, 0.6) is 0 Å².